The molecule has 0 amide bonds. The van der Waals surface area contributed by atoms with Gasteiger partial charge in [0, 0.05) is 67.9 Å². The van der Waals surface area contributed by atoms with Crippen LogP contribution in [0.25, 0.3) is 55.0 Å². The van der Waals surface area contributed by atoms with Crippen molar-refractivity contribution < 1.29 is 30.0 Å². The summed E-state index contributed by atoms with van der Waals surface area (Å²) in [5, 5.41) is 58.2. The summed E-state index contributed by atoms with van der Waals surface area (Å²) >= 11 is 0. The van der Waals surface area contributed by atoms with Crippen LogP contribution in [0.1, 0.15) is 61.1 Å². The fraction of sp³-hybridized carbons (Fsp3) is 0.160. The van der Waals surface area contributed by atoms with Crippen LogP contribution >= 0.6 is 0 Å². The number of phenols is 2. The number of hydrogen-bond donors (Lipinski definition) is 6. The van der Waals surface area contributed by atoms with E-state index in [0.717, 1.165) is 32.9 Å². The van der Waals surface area contributed by atoms with Crippen molar-refractivity contribution in [2.24, 2.45) is 11.8 Å². The number of carbonyl (C=O) groups is 2. The molecule has 6 aromatic rings. The maximum atomic E-state index is 14.1. The predicted octanol–water partition coefficient (Wildman–Crippen LogP) is 11.6. The third-order valence-electron chi connectivity index (χ3n) is 11.3. The average molecular weight is 769 g/mol. The Hall–Kier alpha value is -7.06. The van der Waals surface area contributed by atoms with E-state index >= 15 is 0 Å². The highest BCUT2D eigenvalue weighted by Crippen LogP contribution is 2.53. The van der Waals surface area contributed by atoms with Crippen LogP contribution in [0, 0.1) is 25.7 Å². The first-order valence-corrected chi connectivity index (χ1v) is 19.4. The lowest BCUT2D eigenvalue weighted by molar-refractivity contribution is -0.113. The molecule has 0 spiro atoms. The number of aliphatic hydroxyl groups is 2. The molecule has 8 nitrogen and oxygen atoms in total. The van der Waals surface area contributed by atoms with E-state index in [4.69, 9.17) is 0 Å². The summed E-state index contributed by atoms with van der Waals surface area (Å²) in [5.41, 5.74) is 5.43. The number of nitrogens with one attached hydrogen (secondary N) is 2. The number of aliphatic hydroxyl groups excluding tert-OH is 2. The number of anilines is 2. The number of allylic oxidation sites excluding steroid dienone is 4. The number of Topliss-reactive ketones (excluding diaryl/α,β-unsaturated/α-hetero) is 2. The molecule has 6 N–H and O–H groups in total. The van der Waals surface area contributed by atoms with E-state index in [-0.39, 0.29) is 56.7 Å². The highest BCUT2D eigenvalue weighted by Gasteiger charge is 2.38. The number of carbonyl (C=O) groups excluding carboxylic acids is 2. The van der Waals surface area contributed by atoms with Crippen LogP contribution in [0.4, 0.5) is 11.4 Å². The van der Waals surface area contributed by atoms with E-state index in [1.54, 1.807) is 13.8 Å². The topological polar surface area (TPSA) is 139 Å². The Kier molecular flexibility index (Phi) is 9.44. The van der Waals surface area contributed by atoms with E-state index in [1.165, 1.54) is 12.4 Å². The van der Waals surface area contributed by atoms with E-state index in [1.807, 2.05) is 125 Å². The number of fused-ring (bicyclic) bond motifs is 4. The summed E-state index contributed by atoms with van der Waals surface area (Å²) in [6.45, 7) is 11.1. The Morgan fingerprint density at radius 1 is 0.500 bits per heavy atom. The van der Waals surface area contributed by atoms with Crippen molar-refractivity contribution >= 4 is 66.8 Å². The van der Waals surface area contributed by atoms with E-state index in [0.29, 0.717) is 33.4 Å². The third kappa shape index (κ3) is 6.00. The summed E-state index contributed by atoms with van der Waals surface area (Å²) in [7, 11) is 0. The van der Waals surface area contributed by atoms with Gasteiger partial charge in [0.05, 0.1) is 11.1 Å². The first kappa shape index (κ1) is 37.8. The molecule has 8 heteroatoms. The van der Waals surface area contributed by atoms with Gasteiger partial charge < -0.3 is 31.1 Å². The normalized spacial score (nSPS) is 15.7. The second-order valence-corrected chi connectivity index (χ2v) is 15.6. The molecular weight excluding hydrogens is 725 g/mol. The van der Waals surface area contributed by atoms with Gasteiger partial charge in [-0.1, -0.05) is 113 Å². The molecule has 8 rings (SSSR count). The van der Waals surface area contributed by atoms with Gasteiger partial charge in [-0.2, -0.15) is 0 Å². The van der Waals surface area contributed by atoms with Crippen LogP contribution in [0.5, 0.6) is 11.5 Å². The minimum Gasteiger partial charge on any atom is -0.507 e. The van der Waals surface area contributed by atoms with Crippen molar-refractivity contribution in [2.45, 2.75) is 41.5 Å². The van der Waals surface area contributed by atoms with Gasteiger partial charge in [0.1, 0.15) is 11.5 Å². The highest BCUT2D eigenvalue weighted by molar-refractivity contribution is 6.35. The third-order valence-corrected chi connectivity index (χ3v) is 11.3. The molecule has 0 saturated carbocycles. The predicted molar refractivity (Wildman–Crippen MR) is 235 cm³/mol. The zero-order valence-electron chi connectivity index (χ0n) is 33.2. The highest BCUT2D eigenvalue weighted by atomic mass is 16.3. The van der Waals surface area contributed by atoms with Gasteiger partial charge in [-0.15, -0.1) is 0 Å². The summed E-state index contributed by atoms with van der Waals surface area (Å²) in [4.78, 5) is 28.2. The second kappa shape index (κ2) is 14.5. The fourth-order valence-electron chi connectivity index (χ4n) is 8.63. The lowest BCUT2D eigenvalue weighted by atomic mass is 9.75. The van der Waals surface area contributed by atoms with Gasteiger partial charge in [-0.3, -0.25) is 9.59 Å². The Balaban J connectivity index is 1.35. The van der Waals surface area contributed by atoms with Crippen LogP contribution < -0.4 is 10.6 Å². The van der Waals surface area contributed by atoms with E-state index in [9.17, 15) is 30.0 Å². The molecule has 0 radical (unpaired) electrons. The Labute approximate surface area is 336 Å². The molecule has 6 aromatic carbocycles. The zero-order valence-corrected chi connectivity index (χ0v) is 33.2. The Bertz CT molecular complexity index is 2680. The Morgan fingerprint density at radius 2 is 0.862 bits per heavy atom. The van der Waals surface area contributed by atoms with Gasteiger partial charge in [-0.05, 0) is 70.8 Å². The van der Waals surface area contributed by atoms with Crippen LogP contribution in [0.2, 0.25) is 0 Å². The average Bonchev–Trinajstić information content (AvgIpc) is 3.19. The Morgan fingerprint density at radius 3 is 1.24 bits per heavy atom. The molecule has 0 aliphatic heterocycles. The van der Waals surface area contributed by atoms with Crippen molar-refractivity contribution in [1.29, 1.82) is 0 Å². The smallest absolute Gasteiger partial charge is 0.229 e. The first-order chi connectivity index (χ1) is 27.8. The summed E-state index contributed by atoms with van der Waals surface area (Å²) in [5.74, 6) is -3.18. The monoisotopic (exact) mass is 768 g/mol. The number of aryl methyl sites for hydroxylation is 2. The molecule has 0 fully saturated rings. The van der Waals surface area contributed by atoms with Crippen LogP contribution in [0.3, 0.4) is 0 Å². The van der Waals surface area contributed by atoms with E-state index < -0.39 is 23.1 Å². The summed E-state index contributed by atoms with van der Waals surface area (Å²) in [6, 6.07) is 30.8. The molecule has 2 aliphatic rings. The number of rotatable bonds is 7. The van der Waals surface area contributed by atoms with Crippen LogP contribution in [-0.4, -0.2) is 32.0 Å². The largest absolute Gasteiger partial charge is 0.507 e. The summed E-state index contributed by atoms with van der Waals surface area (Å²) < 4.78 is 0. The van der Waals surface area contributed by atoms with E-state index in [2.05, 4.69) is 10.6 Å². The zero-order chi connectivity index (χ0) is 41.2. The maximum Gasteiger partial charge on any atom is 0.229 e. The van der Waals surface area contributed by atoms with Gasteiger partial charge >= 0.3 is 0 Å². The minimum absolute atomic E-state index is 0.0451. The molecule has 0 saturated heterocycles. The number of aromatic hydroxyl groups is 2. The lowest BCUT2D eigenvalue weighted by Gasteiger charge is -2.29. The molecular formula is C50H44N2O6. The van der Waals surface area contributed by atoms with Gasteiger partial charge in [-0.25, -0.2) is 0 Å². The van der Waals surface area contributed by atoms with Crippen LogP contribution in [-0.2, 0) is 9.59 Å². The molecule has 0 atom stereocenters. The molecule has 0 aromatic heterocycles. The standard InChI is InChI=1S/C50H44N2O6/c1-25(2)39-33-21-27(5)41(47(55)43(33)35(45(53)49(39)57)23-51-37-19-11-15-29-13-7-9-17-31(29)37)42-28(6)22-34-40(26(3)4)50(58)46(54)36(44(34)48(42)56)24-52-38-20-12-16-30-14-8-10-18-32(30)38/h7-26,51-52,55-58H,1-6H3/b35-23-,36-24+. The SMILES string of the molecule is Cc1cc2c(c(O)c1-c1c(C)cc3c(c1O)/C(=C\Nc1cccc4ccccc14)C(=O)C(O)=C3C(C)C)/C(=C/Nc1cccc3ccccc13)C(=O)C(O)=C2C(C)C. The molecule has 2 aliphatic carbocycles. The van der Waals surface area contributed by atoms with Gasteiger partial charge in [0.15, 0.2) is 11.5 Å². The molecule has 58 heavy (non-hydrogen) atoms. The second-order valence-electron chi connectivity index (χ2n) is 15.6. The van der Waals surface area contributed by atoms with Crippen molar-refractivity contribution in [2.75, 3.05) is 10.6 Å². The first-order valence-electron chi connectivity index (χ1n) is 19.4. The van der Waals surface area contributed by atoms with Crippen molar-refractivity contribution in [3.63, 3.8) is 0 Å². The number of ketones is 2. The molecule has 0 heterocycles. The lowest BCUT2D eigenvalue weighted by Crippen LogP contribution is -2.20. The van der Waals surface area contributed by atoms with Gasteiger partial charge in [0.2, 0.25) is 11.6 Å². The number of benzene rings is 6. The maximum absolute atomic E-state index is 14.1. The minimum atomic E-state index is -0.655. The molecule has 0 unspecified atom stereocenters. The van der Waals surface area contributed by atoms with Crippen molar-refractivity contribution in [3.05, 3.63) is 154 Å². The van der Waals surface area contributed by atoms with Gasteiger partial charge in [0.25, 0.3) is 0 Å². The van der Waals surface area contributed by atoms with Crippen LogP contribution in [0.15, 0.2) is 121 Å². The quantitative estimate of drug-likeness (QED) is 0.0883. The summed E-state index contributed by atoms with van der Waals surface area (Å²) in [6.07, 6.45) is 3.02. The number of phenolic OH excluding ortho intramolecular Hbond substituents is 2. The molecule has 0 bridgehead atoms. The van der Waals surface area contributed by atoms with Crippen molar-refractivity contribution in [3.8, 4) is 22.6 Å². The fourth-order valence-corrected chi connectivity index (χ4v) is 8.63. The van der Waals surface area contributed by atoms with Crippen molar-refractivity contribution in [1.82, 2.24) is 0 Å². The molecule has 290 valence electrons. The number of hydrogen-bond acceptors (Lipinski definition) is 8.